The molecule has 1 saturated carbocycles. The third-order valence-electron chi connectivity index (χ3n) is 3.30. The van der Waals surface area contributed by atoms with Crippen molar-refractivity contribution in [2.75, 3.05) is 0 Å². The lowest BCUT2D eigenvalue weighted by Gasteiger charge is -2.43. The van der Waals surface area contributed by atoms with E-state index in [-0.39, 0.29) is 18.0 Å². The maximum absolute atomic E-state index is 11.3. The van der Waals surface area contributed by atoms with Gasteiger partial charge < -0.3 is 10.1 Å². The molecule has 1 aliphatic carbocycles. The summed E-state index contributed by atoms with van der Waals surface area (Å²) in [5, 5.41) is 2.91. The van der Waals surface area contributed by atoms with Gasteiger partial charge in [0.2, 0.25) is 5.91 Å². The van der Waals surface area contributed by atoms with E-state index >= 15 is 0 Å². The first-order valence-electron chi connectivity index (χ1n) is 5.96. The SMILES string of the molecule is C=C[C@@H]1CCC(OC(C)=O)[C@](C)(NC(C)=O)C1. The van der Waals surface area contributed by atoms with Crippen molar-refractivity contribution in [2.24, 2.45) is 5.92 Å². The summed E-state index contributed by atoms with van der Waals surface area (Å²) < 4.78 is 5.31. The summed E-state index contributed by atoms with van der Waals surface area (Å²) in [7, 11) is 0. The van der Waals surface area contributed by atoms with Gasteiger partial charge in [-0.3, -0.25) is 9.59 Å². The van der Waals surface area contributed by atoms with E-state index in [9.17, 15) is 9.59 Å². The van der Waals surface area contributed by atoms with E-state index in [2.05, 4.69) is 11.9 Å². The molecule has 1 aliphatic rings. The van der Waals surface area contributed by atoms with E-state index in [4.69, 9.17) is 4.74 Å². The maximum Gasteiger partial charge on any atom is 0.302 e. The van der Waals surface area contributed by atoms with Crippen molar-refractivity contribution in [3.63, 3.8) is 0 Å². The van der Waals surface area contributed by atoms with E-state index in [1.807, 2.05) is 13.0 Å². The fraction of sp³-hybridized carbons (Fsp3) is 0.692. The average Bonchev–Trinajstić information content (AvgIpc) is 2.19. The van der Waals surface area contributed by atoms with Crippen LogP contribution in [-0.4, -0.2) is 23.5 Å². The third kappa shape index (κ3) is 3.58. The van der Waals surface area contributed by atoms with Crippen molar-refractivity contribution in [1.29, 1.82) is 0 Å². The molecule has 1 amide bonds. The van der Waals surface area contributed by atoms with E-state index in [0.29, 0.717) is 5.92 Å². The molecule has 0 spiro atoms. The van der Waals surface area contributed by atoms with Gasteiger partial charge in [0.05, 0.1) is 5.54 Å². The van der Waals surface area contributed by atoms with Gasteiger partial charge in [-0.2, -0.15) is 0 Å². The van der Waals surface area contributed by atoms with Gasteiger partial charge in [-0.25, -0.2) is 0 Å². The molecular weight excluding hydrogens is 218 g/mol. The van der Waals surface area contributed by atoms with Gasteiger partial charge in [0.15, 0.2) is 0 Å². The number of carbonyl (C=O) groups is 2. The van der Waals surface area contributed by atoms with Gasteiger partial charge in [-0.15, -0.1) is 6.58 Å². The van der Waals surface area contributed by atoms with Crippen LogP contribution in [0.3, 0.4) is 0 Å². The van der Waals surface area contributed by atoms with Gasteiger partial charge in [-0.05, 0) is 32.1 Å². The van der Waals surface area contributed by atoms with Crippen LogP contribution in [0.1, 0.15) is 40.0 Å². The molecule has 4 heteroatoms. The van der Waals surface area contributed by atoms with E-state index in [0.717, 1.165) is 19.3 Å². The Balaban J connectivity index is 2.83. The maximum atomic E-state index is 11.3. The van der Waals surface area contributed by atoms with E-state index in [1.54, 1.807) is 0 Å². The van der Waals surface area contributed by atoms with Crippen LogP contribution in [0.25, 0.3) is 0 Å². The van der Waals surface area contributed by atoms with Crippen LogP contribution in [0, 0.1) is 5.92 Å². The van der Waals surface area contributed by atoms with Crippen LogP contribution in [0.5, 0.6) is 0 Å². The second-order valence-electron chi connectivity index (χ2n) is 4.97. The molecule has 1 N–H and O–H groups in total. The summed E-state index contributed by atoms with van der Waals surface area (Å²) >= 11 is 0. The highest BCUT2D eigenvalue weighted by molar-refractivity contribution is 5.74. The van der Waals surface area contributed by atoms with Crippen LogP contribution in [0.4, 0.5) is 0 Å². The predicted octanol–water partition coefficient (Wildman–Crippen LogP) is 1.80. The molecule has 96 valence electrons. The second-order valence-corrected chi connectivity index (χ2v) is 4.97. The Morgan fingerprint density at radius 2 is 2.06 bits per heavy atom. The normalized spacial score (nSPS) is 32.6. The van der Waals surface area contributed by atoms with Crippen molar-refractivity contribution in [1.82, 2.24) is 5.32 Å². The first-order chi connectivity index (χ1) is 7.87. The quantitative estimate of drug-likeness (QED) is 0.603. The van der Waals surface area contributed by atoms with Crippen LogP contribution < -0.4 is 5.32 Å². The summed E-state index contributed by atoms with van der Waals surface area (Å²) in [5.41, 5.74) is -0.491. The number of esters is 1. The van der Waals surface area contributed by atoms with Crippen LogP contribution in [0.2, 0.25) is 0 Å². The lowest BCUT2D eigenvalue weighted by molar-refractivity contribution is -0.155. The Labute approximate surface area is 102 Å². The zero-order valence-corrected chi connectivity index (χ0v) is 10.8. The largest absolute Gasteiger partial charge is 0.460 e. The Hall–Kier alpha value is -1.32. The highest BCUT2D eigenvalue weighted by Gasteiger charge is 2.42. The lowest BCUT2D eigenvalue weighted by atomic mass is 9.74. The van der Waals surface area contributed by atoms with Gasteiger partial charge in [0.1, 0.15) is 6.10 Å². The Kier molecular flexibility index (Phi) is 4.32. The summed E-state index contributed by atoms with van der Waals surface area (Å²) in [6.07, 6.45) is 4.11. The standard InChI is InChI=1S/C13H21NO3/c1-5-11-6-7-12(17-10(3)16)13(4,8-11)14-9(2)15/h5,11-12H,1,6-8H2,2-4H3,(H,14,15)/t11-,12?,13-/m1/s1. The number of rotatable bonds is 3. The number of hydrogen-bond donors (Lipinski definition) is 1. The minimum absolute atomic E-state index is 0.102. The van der Waals surface area contributed by atoms with Gasteiger partial charge in [-0.1, -0.05) is 6.08 Å². The predicted molar refractivity (Wildman–Crippen MR) is 65.3 cm³/mol. The molecule has 0 aromatic heterocycles. The van der Waals surface area contributed by atoms with Crippen molar-refractivity contribution in [3.8, 4) is 0 Å². The molecule has 3 atom stereocenters. The third-order valence-corrected chi connectivity index (χ3v) is 3.30. The zero-order chi connectivity index (χ0) is 13.1. The molecule has 0 aromatic carbocycles. The minimum Gasteiger partial charge on any atom is -0.460 e. The van der Waals surface area contributed by atoms with Crippen LogP contribution in [-0.2, 0) is 14.3 Å². The average molecular weight is 239 g/mol. The van der Waals surface area contributed by atoms with Crippen molar-refractivity contribution >= 4 is 11.9 Å². The molecule has 17 heavy (non-hydrogen) atoms. The first-order valence-corrected chi connectivity index (χ1v) is 5.96. The molecule has 0 aromatic rings. The van der Waals surface area contributed by atoms with Gasteiger partial charge in [0, 0.05) is 13.8 Å². The molecule has 0 bridgehead atoms. The molecule has 4 nitrogen and oxygen atoms in total. The topological polar surface area (TPSA) is 55.4 Å². The van der Waals surface area contributed by atoms with Gasteiger partial charge in [0.25, 0.3) is 0 Å². The van der Waals surface area contributed by atoms with Crippen molar-refractivity contribution < 1.29 is 14.3 Å². The van der Waals surface area contributed by atoms with Gasteiger partial charge >= 0.3 is 5.97 Å². The van der Waals surface area contributed by atoms with Crippen LogP contribution in [0.15, 0.2) is 12.7 Å². The summed E-state index contributed by atoms with van der Waals surface area (Å²) in [6.45, 7) is 8.60. The molecule has 1 fully saturated rings. The molecule has 0 aliphatic heterocycles. The Morgan fingerprint density at radius 3 is 2.53 bits per heavy atom. The fourth-order valence-electron chi connectivity index (χ4n) is 2.59. The lowest BCUT2D eigenvalue weighted by Crippen LogP contribution is -2.58. The smallest absolute Gasteiger partial charge is 0.302 e. The molecule has 0 heterocycles. The number of hydrogen-bond acceptors (Lipinski definition) is 3. The Bertz CT molecular complexity index is 327. The highest BCUT2D eigenvalue weighted by atomic mass is 16.5. The molecule has 0 radical (unpaired) electrons. The van der Waals surface area contributed by atoms with Crippen molar-refractivity contribution in [3.05, 3.63) is 12.7 Å². The summed E-state index contributed by atoms with van der Waals surface area (Å²) in [5.74, 6) is -0.0448. The fourth-order valence-corrected chi connectivity index (χ4v) is 2.59. The zero-order valence-electron chi connectivity index (χ0n) is 10.8. The number of nitrogens with one attached hydrogen (secondary N) is 1. The molecule has 1 unspecified atom stereocenters. The van der Waals surface area contributed by atoms with E-state index in [1.165, 1.54) is 13.8 Å². The number of amides is 1. The summed E-state index contributed by atoms with van der Waals surface area (Å²) in [6, 6.07) is 0. The van der Waals surface area contributed by atoms with Crippen molar-refractivity contribution in [2.45, 2.75) is 51.7 Å². The van der Waals surface area contributed by atoms with Crippen LogP contribution >= 0.6 is 0 Å². The molecular formula is C13H21NO3. The number of allylic oxidation sites excluding steroid dienone is 1. The minimum atomic E-state index is -0.491. The van der Waals surface area contributed by atoms with E-state index < -0.39 is 5.54 Å². The monoisotopic (exact) mass is 239 g/mol. The molecule has 0 saturated heterocycles. The second kappa shape index (κ2) is 5.34. The highest BCUT2D eigenvalue weighted by Crippen LogP contribution is 2.35. The number of ether oxygens (including phenoxy) is 1. The molecule has 1 rings (SSSR count). The summed E-state index contributed by atoms with van der Waals surface area (Å²) in [4.78, 5) is 22.3. The number of carbonyl (C=O) groups excluding carboxylic acids is 2. The Morgan fingerprint density at radius 1 is 1.41 bits per heavy atom. The first kappa shape index (κ1) is 13.7.